The molecule has 1 fully saturated rings. The number of hydrogen-bond acceptors (Lipinski definition) is 5. The van der Waals surface area contributed by atoms with E-state index in [9.17, 15) is 4.79 Å². The van der Waals surface area contributed by atoms with Crippen LogP contribution < -0.4 is 5.73 Å². The molecule has 2 aromatic heterocycles. The summed E-state index contributed by atoms with van der Waals surface area (Å²) in [6, 6.07) is 1.63. The van der Waals surface area contributed by atoms with Gasteiger partial charge in [0.15, 0.2) is 0 Å². The van der Waals surface area contributed by atoms with Crippen molar-refractivity contribution >= 4 is 5.91 Å². The van der Waals surface area contributed by atoms with Crippen molar-refractivity contribution in [2.75, 3.05) is 6.54 Å². The van der Waals surface area contributed by atoms with Crippen molar-refractivity contribution in [3.63, 3.8) is 0 Å². The van der Waals surface area contributed by atoms with Crippen LogP contribution in [0.4, 0.5) is 0 Å². The predicted molar refractivity (Wildman–Crippen MR) is 80.9 cm³/mol. The number of nitrogens with two attached hydrogens (primary N) is 1. The van der Waals surface area contributed by atoms with E-state index in [1.54, 1.807) is 12.3 Å². The van der Waals surface area contributed by atoms with Gasteiger partial charge in [-0.1, -0.05) is 0 Å². The molecule has 7 heteroatoms. The molecule has 3 heterocycles. The molecule has 116 valence electrons. The summed E-state index contributed by atoms with van der Waals surface area (Å²) in [5.74, 6) is 1.05. The number of carbonyl (C=O) groups is 1. The number of aromatic amines is 1. The van der Waals surface area contributed by atoms with Crippen LogP contribution in [-0.4, -0.2) is 37.3 Å². The first-order valence-electron chi connectivity index (χ1n) is 7.38. The number of aromatic nitrogens is 4. The zero-order valence-electron chi connectivity index (χ0n) is 12.8. The third-order valence-corrected chi connectivity index (χ3v) is 4.27. The summed E-state index contributed by atoms with van der Waals surface area (Å²) in [5, 5.41) is 0. The Kier molecular flexibility index (Phi) is 3.66. The molecule has 3 N–H and O–H groups in total. The highest BCUT2D eigenvalue weighted by Crippen LogP contribution is 2.37. The van der Waals surface area contributed by atoms with E-state index >= 15 is 0 Å². The summed E-state index contributed by atoms with van der Waals surface area (Å²) in [6.07, 6.45) is 5.56. The van der Waals surface area contributed by atoms with Gasteiger partial charge in [-0.3, -0.25) is 9.69 Å². The van der Waals surface area contributed by atoms with Gasteiger partial charge < -0.3 is 10.7 Å². The molecule has 1 amide bonds. The standard InChI is InChI=1S/C15H20N6O/c1-10-8-11(13(16)22)20-14(19-10)15(2)4-3-7-21(15)9-12-17-5-6-18-12/h5-6,8H,3-4,7,9H2,1-2H3,(H2,16,22)(H,17,18)/t15-/m1/s1. The molecule has 1 saturated heterocycles. The molecule has 7 nitrogen and oxygen atoms in total. The molecule has 1 atom stereocenters. The van der Waals surface area contributed by atoms with Gasteiger partial charge in [-0.15, -0.1) is 0 Å². The number of nitrogens with zero attached hydrogens (tertiary/aromatic N) is 4. The Bertz CT molecular complexity index is 683. The highest BCUT2D eigenvalue weighted by atomic mass is 16.1. The Morgan fingerprint density at radius 2 is 2.32 bits per heavy atom. The molecule has 0 aromatic carbocycles. The number of aryl methyl sites for hydroxylation is 1. The van der Waals surface area contributed by atoms with Gasteiger partial charge in [0.05, 0.1) is 12.1 Å². The van der Waals surface area contributed by atoms with E-state index in [2.05, 4.69) is 31.8 Å². The number of likely N-dealkylation sites (tertiary alicyclic amines) is 1. The Morgan fingerprint density at radius 1 is 1.50 bits per heavy atom. The average Bonchev–Trinajstić information content (AvgIpc) is 3.10. The number of amides is 1. The van der Waals surface area contributed by atoms with Gasteiger partial charge in [0.1, 0.15) is 17.3 Å². The molecular weight excluding hydrogens is 280 g/mol. The summed E-state index contributed by atoms with van der Waals surface area (Å²) >= 11 is 0. The fraction of sp³-hybridized carbons (Fsp3) is 0.467. The summed E-state index contributed by atoms with van der Waals surface area (Å²) < 4.78 is 0. The number of carbonyl (C=O) groups excluding carboxylic acids is 1. The molecule has 1 aliphatic heterocycles. The van der Waals surface area contributed by atoms with Crippen LogP contribution in [-0.2, 0) is 12.1 Å². The number of hydrogen-bond donors (Lipinski definition) is 2. The van der Waals surface area contributed by atoms with E-state index in [4.69, 9.17) is 5.73 Å². The monoisotopic (exact) mass is 300 g/mol. The maximum Gasteiger partial charge on any atom is 0.267 e. The number of primary amides is 1. The minimum atomic E-state index is -0.522. The molecule has 0 aliphatic carbocycles. The average molecular weight is 300 g/mol. The molecular formula is C15H20N6O. The molecule has 0 saturated carbocycles. The summed E-state index contributed by atoms with van der Waals surface area (Å²) in [4.78, 5) is 30.1. The lowest BCUT2D eigenvalue weighted by atomic mass is 9.97. The predicted octanol–water partition coefficient (Wildman–Crippen LogP) is 1.12. The topological polar surface area (TPSA) is 101 Å². The molecule has 0 radical (unpaired) electrons. The normalized spacial score (nSPS) is 22.1. The fourth-order valence-corrected chi connectivity index (χ4v) is 3.03. The second-order valence-corrected chi connectivity index (χ2v) is 5.92. The van der Waals surface area contributed by atoms with Gasteiger partial charge in [0, 0.05) is 18.1 Å². The van der Waals surface area contributed by atoms with Crippen LogP contribution in [0.3, 0.4) is 0 Å². The Balaban J connectivity index is 1.95. The lowest BCUT2D eigenvalue weighted by Crippen LogP contribution is -2.40. The van der Waals surface area contributed by atoms with Crippen molar-refractivity contribution < 1.29 is 4.79 Å². The van der Waals surface area contributed by atoms with E-state index in [1.165, 1.54) is 0 Å². The summed E-state index contributed by atoms with van der Waals surface area (Å²) in [6.45, 7) is 5.61. The Hall–Kier alpha value is -2.28. The number of H-pyrrole nitrogens is 1. The highest BCUT2D eigenvalue weighted by molar-refractivity contribution is 5.90. The van der Waals surface area contributed by atoms with Gasteiger partial charge >= 0.3 is 0 Å². The Labute approximate surface area is 129 Å². The van der Waals surface area contributed by atoms with Gasteiger partial charge in [-0.05, 0) is 39.3 Å². The molecule has 0 spiro atoms. The summed E-state index contributed by atoms with van der Waals surface area (Å²) in [5.41, 5.74) is 6.09. The van der Waals surface area contributed by atoms with E-state index in [0.717, 1.165) is 30.9 Å². The minimum Gasteiger partial charge on any atom is -0.364 e. The molecule has 22 heavy (non-hydrogen) atoms. The van der Waals surface area contributed by atoms with E-state index in [0.29, 0.717) is 12.4 Å². The molecule has 2 aromatic rings. The number of nitrogens with one attached hydrogen (secondary N) is 1. The first-order valence-corrected chi connectivity index (χ1v) is 7.38. The van der Waals surface area contributed by atoms with Crippen molar-refractivity contribution in [3.8, 4) is 0 Å². The zero-order valence-corrected chi connectivity index (χ0v) is 12.8. The van der Waals surface area contributed by atoms with Crippen molar-refractivity contribution in [1.82, 2.24) is 24.8 Å². The van der Waals surface area contributed by atoms with Crippen molar-refractivity contribution in [2.45, 2.75) is 38.8 Å². The smallest absolute Gasteiger partial charge is 0.267 e. The summed E-state index contributed by atoms with van der Waals surface area (Å²) in [7, 11) is 0. The van der Waals surface area contributed by atoms with Gasteiger partial charge in [0.25, 0.3) is 5.91 Å². The van der Waals surface area contributed by atoms with Gasteiger partial charge in [-0.2, -0.15) is 0 Å². The first-order chi connectivity index (χ1) is 10.5. The third-order valence-electron chi connectivity index (χ3n) is 4.27. The zero-order chi connectivity index (χ0) is 15.7. The van der Waals surface area contributed by atoms with Crippen LogP contribution in [0.2, 0.25) is 0 Å². The maximum absolute atomic E-state index is 11.5. The quantitative estimate of drug-likeness (QED) is 0.881. The number of imidazole rings is 1. The van der Waals surface area contributed by atoms with E-state index in [1.807, 2.05) is 13.1 Å². The van der Waals surface area contributed by atoms with Crippen molar-refractivity contribution in [3.05, 3.63) is 41.5 Å². The van der Waals surface area contributed by atoms with Crippen LogP contribution in [0.15, 0.2) is 18.5 Å². The minimum absolute atomic E-state index is 0.272. The van der Waals surface area contributed by atoms with E-state index < -0.39 is 5.91 Å². The van der Waals surface area contributed by atoms with Crippen LogP contribution in [0.1, 0.15) is 47.6 Å². The van der Waals surface area contributed by atoms with Crippen LogP contribution >= 0.6 is 0 Å². The molecule has 0 bridgehead atoms. The molecule has 0 unspecified atom stereocenters. The lowest BCUT2D eigenvalue weighted by molar-refractivity contribution is 0.0991. The largest absolute Gasteiger partial charge is 0.364 e. The third kappa shape index (κ3) is 2.59. The fourth-order valence-electron chi connectivity index (χ4n) is 3.03. The molecule has 3 rings (SSSR count). The van der Waals surface area contributed by atoms with Crippen molar-refractivity contribution in [2.24, 2.45) is 5.73 Å². The second kappa shape index (κ2) is 5.49. The van der Waals surface area contributed by atoms with Gasteiger partial charge in [-0.25, -0.2) is 15.0 Å². The lowest BCUT2D eigenvalue weighted by Gasteiger charge is -2.33. The van der Waals surface area contributed by atoms with Gasteiger partial charge in [0.2, 0.25) is 0 Å². The van der Waals surface area contributed by atoms with Crippen LogP contribution in [0.5, 0.6) is 0 Å². The molecule has 1 aliphatic rings. The first kappa shape index (κ1) is 14.6. The number of rotatable bonds is 4. The van der Waals surface area contributed by atoms with Crippen molar-refractivity contribution in [1.29, 1.82) is 0 Å². The maximum atomic E-state index is 11.5. The highest BCUT2D eigenvalue weighted by Gasteiger charge is 2.41. The van der Waals surface area contributed by atoms with E-state index in [-0.39, 0.29) is 11.2 Å². The van der Waals surface area contributed by atoms with Crippen LogP contribution in [0, 0.1) is 6.92 Å². The van der Waals surface area contributed by atoms with Crippen LogP contribution in [0.25, 0.3) is 0 Å². The Morgan fingerprint density at radius 3 is 3.00 bits per heavy atom. The SMILES string of the molecule is Cc1cc(C(N)=O)nc([C@@]2(C)CCCN2Cc2ncc[nH]2)n1. The second-order valence-electron chi connectivity index (χ2n) is 5.92.